The average Bonchev–Trinajstić information content (AvgIpc) is 2.98. The molecular formula is C23H28N4OS. The lowest BCUT2D eigenvalue weighted by Crippen LogP contribution is -2.36. The largest absolute Gasteiger partial charge is 0.268 e. The maximum absolute atomic E-state index is 13.8. The predicted molar refractivity (Wildman–Crippen MR) is 120 cm³/mol. The van der Waals surface area contributed by atoms with Crippen molar-refractivity contribution in [3.8, 4) is 11.3 Å². The maximum Gasteiger partial charge on any atom is 0.265 e. The van der Waals surface area contributed by atoms with Crippen molar-refractivity contribution < 1.29 is 0 Å². The lowest BCUT2D eigenvalue weighted by Gasteiger charge is -2.32. The second kappa shape index (κ2) is 7.48. The molecule has 3 aromatic rings. The molecule has 6 heteroatoms. The third-order valence-electron chi connectivity index (χ3n) is 5.42. The van der Waals surface area contributed by atoms with Gasteiger partial charge in [-0.15, -0.1) is 5.10 Å². The van der Waals surface area contributed by atoms with Crippen LogP contribution in [0.15, 0.2) is 46.4 Å². The van der Waals surface area contributed by atoms with Crippen LogP contribution in [0.5, 0.6) is 0 Å². The molecule has 5 nitrogen and oxygen atoms in total. The second-order valence-corrected chi connectivity index (χ2v) is 9.66. The van der Waals surface area contributed by atoms with Crippen LogP contribution in [0.25, 0.3) is 17.0 Å². The van der Waals surface area contributed by atoms with Crippen LogP contribution in [0, 0.1) is 0 Å². The molecule has 0 saturated heterocycles. The summed E-state index contributed by atoms with van der Waals surface area (Å²) in [7, 11) is 0. The molecule has 0 fully saturated rings. The quantitative estimate of drug-likeness (QED) is 0.332. The zero-order chi connectivity index (χ0) is 20.8. The van der Waals surface area contributed by atoms with Crippen LogP contribution in [-0.2, 0) is 18.4 Å². The van der Waals surface area contributed by atoms with E-state index in [1.807, 2.05) is 17.7 Å². The summed E-state index contributed by atoms with van der Waals surface area (Å²) < 4.78 is 3.54. The van der Waals surface area contributed by atoms with E-state index in [-0.39, 0.29) is 11.0 Å². The highest BCUT2D eigenvalue weighted by Crippen LogP contribution is 2.40. The zero-order valence-corrected chi connectivity index (χ0v) is 18.5. The minimum atomic E-state index is -0.281. The predicted octanol–water partition coefficient (Wildman–Crippen LogP) is 4.86. The summed E-state index contributed by atoms with van der Waals surface area (Å²) in [5.74, 6) is 1.54. The van der Waals surface area contributed by atoms with Gasteiger partial charge in [0, 0.05) is 16.7 Å². The number of allylic oxidation sites excluding steroid dienone is 1. The highest BCUT2D eigenvalue weighted by atomic mass is 32.2. The average molecular weight is 409 g/mol. The van der Waals surface area contributed by atoms with Crippen LogP contribution in [0.4, 0.5) is 0 Å². The molecule has 2 aromatic heterocycles. The highest BCUT2D eigenvalue weighted by Gasteiger charge is 2.36. The minimum absolute atomic E-state index is 0.0106. The van der Waals surface area contributed by atoms with Crippen molar-refractivity contribution in [2.45, 2.75) is 64.1 Å². The fourth-order valence-corrected chi connectivity index (χ4v) is 5.15. The molecule has 0 unspecified atom stereocenters. The molecule has 29 heavy (non-hydrogen) atoms. The molecule has 1 aromatic carbocycles. The smallest absolute Gasteiger partial charge is 0.265 e. The van der Waals surface area contributed by atoms with E-state index in [4.69, 9.17) is 10.1 Å². The number of benzene rings is 1. The second-order valence-electron chi connectivity index (χ2n) is 8.59. The van der Waals surface area contributed by atoms with E-state index < -0.39 is 0 Å². The first-order chi connectivity index (χ1) is 13.8. The number of hydrogen-bond acceptors (Lipinski definition) is 4. The van der Waals surface area contributed by atoms with Crippen LogP contribution in [0.2, 0.25) is 0 Å². The Morgan fingerprint density at radius 2 is 2.07 bits per heavy atom. The van der Waals surface area contributed by atoms with Gasteiger partial charge in [0.15, 0.2) is 5.16 Å². The molecule has 0 saturated carbocycles. The Hall–Kier alpha value is -2.34. The van der Waals surface area contributed by atoms with E-state index in [1.165, 1.54) is 5.56 Å². The van der Waals surface area contributed by atoms with Crippen LogP contribution in [0.3, 0.4) is 0 Å². The molecule has 1 aliphatic carbocycles. The topological polar surface area (TPSA) is 52.2 Å². The van der Waals surface area contributed by atoms with Gasteiger partial charge in [0.2, 0.25) is 5.78 Å². The van der Waals surface area contributed by atoms with Crippen molar-refractivity contribution in [3.05, 3.63) is 57.9 Å². The number of unbranched alkanes of at least 4 members (excludes halogenated alkanes) is 1. The first-order valence-electron chi connectivity index (χ1n) is 10.2. The number of aromatic nitrogens is 4. The number of fused-ring (bicyclic) bond motifs is 4. The standard InChI is InChI=1S/C23H28N4OS/c1-6-7-12-29-22-25-26(14-15(2)3)21-24-19-17-11-9-8-10-16(17)13-23(4,5)18(19)20(28)27(21)22/h8-11H,2,6-7,12-14H2,1,3-5H3. The molecule has 0 amide bonds. The molecule has 0 spiro atoms. The van der Waals surface area contributed by atoms with Gasteiger partial charge in [0.05, 0.1) is 17.8 Å². The van der Waals surface area contributed by atoms with Crippen molar-refractivity contribution in [2.75, 3.05) is 5.75 Å². The van der Waals surface area contributed by atoms with Crippen molar-refractivity contribution in [1.29, 1.82) is 0 Å². The fourth-order valence-electron chi connectivity index (χ4n) is 4.09. The van der Waals surface area contributed by atoms with Crippen LogP contribution >= 0.6 is 11.8 Å². The molecule has 0 radical (unpaired) electrons. The van der Waals surface area contributed by atoms with Gasteiger partial charge >= 0.3 is 0 Å². The van der Waals surface area contributed by atoms with Gasteiger partial charge in [-0.3, -0.25) is 4.79 Å². The van der Waals surface area contributed by atoms with Gasteiger partial charge in [0.1, 0.15) is 0 Å². The molecule has 0 atom stereocenters. The molecule has 0 N–H and O–H groups in total. The summed E-state index contributed by atoms with van der Waals surface area (Å²) in [4.78, 5) is 18.8. The van der Waals surface area contributed by atoms with E-state index in [0.29, 0.717) is 12.3 Å². The van der Waals surface area contributed by atoms with Gasteiger partial charge < -0.3 is 0 Å². The summed E-state index contributed by atoms with van der Waals surface area (Å²) in [5, 5.41) is 5.48. The first kappa shape index (κ1) is 20.0. The first-order valence-corrected chi connectivity index (χ1v) is 11.2. The normalized spacial score (nSPS) is 14.6. The van der Waals surface area contributed by atoms with Crippen molar-refractivity contribution in [2.24, 2.45) is 0 Å². The molecule has 1 aliphatic rings. The van der Waals surface area contributed by atoms with Gasteiger partial charge in [-0.25, -0.2) is 14.1 Å². The van der Waals surface area contributed by atoms with Gasteiger partial charge in [-0.2, -0.15) is 0 Å². The molecule has 0 bridgehead atoms. The summed E-state index contributed by atoms with van der Waals surface area (Å²) >= 11 is 1.63. The molecule has 2 heterocycles. The summed E-state index contributed by atoms with van der Waals surface area (Å²) in [6.45, 7) is 13.0. The summed E-state index contributed by atoms with van der Waals surface area (Å²) in [5.41, 5.74) is 4.60. The van der Waals surface area contributed by atoms with Crippen LogP contribution in [0.1, 0.15) is 51.7 Å². The Balaban J connectivity index is 2.02. The number of hydrogen-bond donors (Lipinski definition) is 0. The Morgan fingerprint density at radius 1 is 1.31 bits per heavy atom. The molecular weight excluding hydrogens is 380 g/mol. The summed E-state index contributed by atoms with van der Waals surface area (Å²) in [6.07, 6.45) is 3.03. The Bertz CT molecular complexity index is 1160. The molecule has 152 valence electrons. The SMILES string of the molecule is C=C(C)Cn1nc(SCCCC)n2c(=O)c3c(nc12)-c1ccccc1CC3(C)C. The Morgan fingerprint density at radius 3 is 2.79 bits per heavy atom. The monoisotopic (exact) mass is 408 g/mol. The van der Waals surface area contributed by atoms with Gasteiger partial charge in [0.25, 0.3) is 5.56 Å². The van der Waals surface area contributed by atoms with Gasteiger partial charge in [-0.05, 0) is 25.3 Å². The van der Waals surface area contributed by atoms with Crippen molar-refractivity contribution >= 4 is 17.5 Å². The van der Waals surface area contributed by atoms with Gasteiger partial charge in [-0.1, -0.05) is 75.4 Å². The Labute approximate surface area is 175 Å². The minimum Gasteiger partial charge on any atom is -0.268 e. The third-order valence-corrected chi connectivity index (χ3v) is 6.44. The number of rotatable bonds is 6. The number of thioether (sulfide) groups is 1. The van der Waals surface area contributed by atoms with E-state index >= 15 is 0 Å². The third kappa shape index (κ3) is 3.44. The van der Waals surface area contributed by atoms with E-state index in [1.54, 1.807) is 16.2 Å². The van der Waals surface area contributed by atoms with Crippen LogP contribution < -0.4 is 5.56 Å². The lowest BCUT2D eigenvalue weighted by atomic mass is 9.72. The fraction of sp³-hybridized carbons (Fsp3) is 0.435. The van der Waals surface area contributed by atoms with Crippen molar-refractivity contribution in [3.63, 3.8) is 0 Å². The molecule has 0 aliphatic heterocycles. The number of nitrogens with zero attached hydrogens (tertiary/aromatic N) is 4. The Kier molecular flexibility index (Phi) is 5.15. The maximum atomic E-state index is 13.8. The zero-order valence-electron chi connectivity index (χ0n) is 17.7. The lowest BCUT2D eigenvalue weighted by molar-refractivity contribution is 0.505. The van der Waals surface area contributed by atoms with E-state index in [9.17, 15) is 4.79 Å². The van der Waals surface area contributed by atoms with Crippen LogP contribution in [-0.4, -0.2) is 24.9 Å². The van der Waals surface area contributed by atoms with E-state index in [2.05, 4.69) is 45.5 Å². The summed E-state index contributed by atoms with van der Waals surface area (Å²) in [6, 6.07) is 8.28. The van der Waals surface area contributed by atoms with E-state index in [0.717, 1.165) is 52.6 Å². The van der Waals surface area contributed by atoms with Crippen molar-refractivity contribution in [1.82, 2.24) is 19.2 Å². The molecule has 4 rings (SSSR count). The highest BCUT2D eigenvalue weighted by molar-refractivity contribution is 7.99.